The topological polar surface area (TPSA) is 140 Å². The van der Waals surface area contributed by atoms with Crippen molar-refractivity contribution in [3.63, 3.8) is 0 Å². The molecule has 8 atom stereocenters. The highest BCUT2D eigenvalue weighted by molar-refractivity contribution is 5.11. The van der Waals surface area contributed by atoms with E-state index in [0.717, 1.165) is 0 Å². The highest BCUT2D eigenvalue weighted by Crippen LogP contribution is 2.36. The van der Waals surface area contributed by atoms with Crippen molar-refractivity contribution in [3.05, 3.63) is 6.10 Å². The van der Waals surface area contributed by atoms with Crippen LogP contribution in [0.1, 0.15) is 6.92 Å². The zero-order valence-electron chi connectivity index (χ0n) is 10.3. The summed E-state index contributed by atoms with van der Waals surface area (Å²) in [6.45, 7) is 0.986. The molecule has 8 nitrogen and oxygen atoms in total. The van der Waals surface area contributed by atoms with E-state index in [2.05, 4.69) is 0 Å². The fourth-order valence-electron chi connectivity index (χ4n) is 2.36. The molecule has 0 spiro atoms. The first-order valence-electron chi connectivity index (χ1n) is 6.08. The number of hydrogen-bond donors (Lipinski definition) is 6. The van der Waals surface area contributed by atoms with Gasteiger partial charge in [0.25, 0.3) is 0 Å². The first-order chi connectivity index (χ1) is 8.88. The van der Waals surface area contributed by atoms with Gasteiger partial charge in [-0.25, -0.2) is 0 Å². The van der Waals surface area contributed by atoms with Crippen LogP contribution in [0.25, 0.3) is 0 Å². The summed E-state index contributed by atoms with van der Waals surface area (Å²) in [5, 5.41) is 57.5. The molecule has 2 aliphatic heterocycles. The van der Waals surface area contributed by atoms with Gasteiger partial charge in [0.1, 0.15) is 42.7 Å². The van der Waals surface area contributed by atoms with Crippen molar-refractivity contribution >= 4 is 0 Å². The summed E-state index contributed by atoms with van der Waals surface area (Å²) in [5.41, 5.74) is 0. The lowest BCUT2D eigenvalue weighted by Crippen LogP contribution is -2.57. The second-order valence-corrected chi connectivity index (χ2v) is 4.91. The fourth-order valence-corrected chi connectivity index (χ4v) is 2.36. The third kappa shape index (κ3) is 2.50. The van der Waals surface area contributed by atoms with Crippen molar-refractivity contribution in [3.8, 4) is 0 Å². The average molecular weight is 279 g/mol. The van der Waals surface area contributed by atoms with Gasteiger partial charge in [-0.3, -0.25) is 0 Å². The summed E-state index contributed by atoms with van der Waals surface area (Å²) in [6.07, 6.45) is -10.1. The first kappa shape index (κ1) is 15.1. The third-order valence-electron chi connectivity index (χ3n) is 3.59. The van der Waals surface area contributed by atoms with Crippen LogP contribution in [0.4, 0.5) is 0 Å². The molecule has 0 aliphatic carbocycles. The highest BCUT2D eigenvalue weighted by Gasteiger charge is 2.54. The van der Waals surface area contributed by atoms with Gasteiger partial charge in [-0.15, -0.1) is 0 Å². The van der Waals surface area contributed by atoms with E-state index in [4.69, 9.17) is 14.6 Å². The van der Waals surface area contributed by atoms with Crippen LogP contribution in [0.3, 0.4) is 0 Å². The maximum Gasteiger partial charge on any atom is 0.160 e. The Morgan fingerprint density at radius 1 is 0.947 bits per heavy atom. The monoisotopic (exact) mass is 279 g/mol. The fraction of sp³-hybridized carbons (Fsp3) is 0.909. The molecular formula is C11H19O8. The zero-order chi connectivity index (χ0) is 14.3. The Morgan fingerprint density at radius 2 is 1.58 bits per heavy atom. The Bertz CT molecular complexity index is 313. The van der Waals surface area contributed by atoms with Crippen LogP contribution in [0.5, 0.6) is 0 Å². The number of rotatable bonds is 2. The maximum atomic E-state index is 9.84. The smallest absolute Gasteiger partial charge is 0.160 e. The Balaban J connectivity index is 2.13. The van der Waals surface area contributed by atoms with Crippen molar-refractivity contribution in [1.82, 2.24) is 0 Å². The molecule has 0 aromatic heterocycles. The molecule has 1 radical (unpaired) electrons. The van der Waals surface area contributed by atoms with E-state index < -0.39 is 55.4 Å². The van der Waals surface area contributed by atoms with Gasteiger partial charge < -0.3 is 40.1 Å². The van der Waals surface area contributed by atoms with Gasteiger partial charge in [0.05, 0.1) is 12.7 Å². The summed E-state index contributed by atoms with van der Waals surface area (Å²) < 4.78 is 10.5. The van der Waals surface area contributed by atoms with E-state index in [-0.39, 0.29) is 6.10 Å². The maximum absolute atomic E-state index is 9.84. The molecule has 2 rings (SSSR count). The van der Waals surface area contributed by atoms with Gasteiger partial charge in [0, 0.05) is 0 Å². The van der Waals surface area contributed by atoms with Gasteiger partial charge in [-0.1, -0.05) is 0 Å². The molecule has 8 heteroatoms. The summed E-state index contributed by atoms with van der Waals surface area (Å²) in [7, 11) is 0. The Labute approximate surface area is 109 Å². The van der Waals surface area contributed by atoms with E-state index in [1.807, 2.05) is 0 Å². The molecule has 0 amide bonds. The molecule has 0 aromatic rings. The van der Waals surface area contributed by atoms with Gasteiger partial charge in [-0.05, 0) is 6.92 Å². The van der Waals surface area contributed by atoms with Gasteiger partial charge >= 0.3 is 0 Å². The van der Waals surface area contributed by atoms with Crippen LogP contribution in [0, 0.1) is 6.10 Å². The SMILES string of the molecule is C[C@H]1O[C](C2O[C@H](CO)[C@@H](O)[C@@H]2O)[C@@H](O)[C@@H](O)[C@@H]1O. The average Bonchev–Trinajstić information content (AvgIpc) is 2.68. The zero-order valence-corrected chi connectivity index (χ0v) is 10.3. The Morgan fingerprint density at radius 3 is 2.11 bits per heavy atom. The van der Waals surface area contributed by atoms with Crippen molar-refractivity contribution in [1.29, 1.82) is 0 Å². The summed E-state index contributed by atoms with van der Waals surface area (Å²) in [4.78, 5) is 0. The van der Waals surface area contributed by atoms with Crippen LogP contribution in [-0.4, -0.2) is 86.1 Å². The Kier molecular flexibility index (Phi) is 4.43. The normalized spacial score (nSPS) is 52.6. The number of hydrogen-bond acceptors (Lipinski definition) is 8. The lowest BCUT2D eigenvalue weighted by molar-refractivity contribution is -0.202. The standard InChI is InChI=1S/C11H19O8/c1-3-5(13)7(15)9(17)10(18-3)11-8(16)6(14)4(2-12)19-11/h3-9,11-17H,2H2,1H3/t3-,4-,5-,6-,7+,8+,9+,11?/m1/s1. The lowest BCUT2D eigenvalue weighted by atomic mass is 9.90. The molecule has 6 N–H and O–H groups in total. The minimum absolute atomic E-state index is 0.159. The van der Waals surface area contributed by atoms with E-state index in [1.54, 1.807) is 0 Å². The molecule has 1 unspecified atom stereocenters. The molecule has 0 saturated carbocycles. The molecule has 111 valence electrons. The number of ether oxygens (including phenoxy) is 2. The van der Waals surface area contributed by atoms with Crippen molar-refractivity contribution < 1.29 is 40.1 Å². The van der Waals surface area contributed by atoms with Crippen LogP contribution in [0.15, 0.2) is 0 Å². The van der Waals surface area contributed by atoms with Crippen LogP contribution < -0.4 is 0 Å². The van der Waals surface area contributed by atoms with E-state index in [1.165, 1.54) is 6.92 Å². The number of aliphatic hydroxyl groups is 6. The molecule has 19 heavy (non-hydrogen) atoms. The predicted octanol–water partition coefficient (Wildman–Crippen LogP) is -3.50. The minimum atomic E-state index is -1.55. The molecule has 0 aromatic carbocycles. The van der Waals surface area contributed by atoms with E-state index >= 15 is 0 Å². The molecule has 2 aliphatic rings. The van der Waals surface area contributed by atoms with Gasteiger partial charge in [0.15, 0.2) is 6.10 Å². The minimum Gasteiger partial charge on any atom is -0.394 e. The molecule has 2 fully saturated rings. The highest BCUT2D eigenvalue weighted by atomic mass is 16.6. The van der Waals surface area contributed by atoms with Crippen LogP contribution in [-0.2, 0) is 9.47 Å². The van der Waals surface area contributed by atoms with Gasteiger partial charge in [-0.2, -0.15) is 0 Å². The van der Waals surface area contributed by atoms with Gasteiger partial charge in [0.2, 0.25) is 0 Å². The van der Waals surface area contributed by atoms with Crippen LogP contribution in [0.2, 0.25) is 0 Å². The summed E-state index contributed by atoms with van der Waals surface area (Å²) in [5.74, 6) is 0. The van der Waals surface area contributed by atoms with Crippen molar-refractivity contribution in [2.24, 2.45) is 0 Å². The predicted molar refractivity (Wildman–Crippen MR) is 59.6 cm³/mol. The Hall–Kier alpha value is -0.320. The largest absolute Gasteiger partial charge is 0.394 e. The van der Waals surface area contributed by atoms with Crippen LogP contribution >= 0.6 is 0 Å². The summed E-state index contributed by atoms with van der Waals surface area (Å²) >= 11 is 0. The van der Waals surface area contributed by atoms with Crippen molar-refractivity contribution in [2.75, 3.05) is 6.61 Å². The quantitative estimate of drug-likeness (QED) is 0.306. The molecule has 2 heterocycles. The van der Waals surface area contributed by atoms with E-state index in [9.17, 15) is 25.5 Å². The molecule has 0 bridgehead atoms. The number of aliphatic hydroxyl groups excluding tert-OH is 6. The van der Waals surface area contributed by atoms with Crippen molar-refractivity contribution in [2.45, 2.75) is 55.8 Å². The second-order valence-electron chi connectivity index (χ2n) is 4.91. The third-order valence-corrected chi connectivity index (χ3v) is 3.59. The van der Waals surface area contributed by atoms with E-state index in [0.29, 0.717) is 0 Å². The summed E-state index contributed by atoms with van der Waals surface area (Å²) in [6, 6.07) is 0. The second kappa shape index (κ2) is 5.58. The molecule has 2 saturated heterocycles. The lowest BCUT2D eigenvalue weighted by Gasteiger charge is -2.41. The molecular weight excluding hydrogens is 260 g/mol. The first-order valence-corrected chi connectivity index (χ1v) is 6.08.